The fourth-order valence-electron chi connectivity index (χ4n) is 0.941. The van der Waals surface area contributed by atoms with Gasteiger partial charge in [-0.25, -0.2) is 0 Å². The van der Waals surface area contributed by atoms with Crippen LogP contribution in [-0.2, 0) is 6.54 Å². The van der Waals surface area contributed by atoms with Crippen molar-refractivity contribution in [3.05, 3.63) is 10.6 Å². The standard InChI is InChI=1S/C7H14N4S/c1-6-7(12-10-9-6)5-11(2)4-3-8/h3-5,8H2,1-2H3. The molecule has 1 aromatic heterocycles. The summed E-state index contributed by atoms with van der Waals surface area (Å²) in [5, 5.41) is 3.94. The van der Waals surface area contributed by atoms with Crippen molar-refractivity contribution < 1.29 is 0 Å². The minimum Gasteiger partial charge on any atom is -0.329 e. The molecule has 1 rings (SSSR count). The largest absolute Gasteiger partial charge is 0.329 e. The van der Waals surface area contributed by atoms with Crippen molar-refractivity contribution in [3.63, 3.8) is 0 Å². The molecule has 1 heterocycles. The lowest BCUT2D eigenvalue weighted by atomic mass is 10.4. The van der Waals surface area contributed by atoms with Gasteiger partial charge in [-0.05, 0) is 25.5 Å². The summed E-state index contributed by atoms with van der Waals surface area (Å²) in [5.41, 5.74) is 6.46. The molecule has 0 aliphatic rings. The molecule has 0 bridgehead atoms. The first kappa shape index (κ1) is 9.57. The molecule has 0 aliphatic heterocycles. The normalized spacial score (nSPS) is 11.0. The van der Waals surface area contributed by atoms with Crippen molar-refractivity contribution in [1.29, 1.82) is 0 Å². The number of aromatic nitrogens is 2. The summed E-state index contributed by atoms with van der Waals surface area (Å²) in [4.78, 5) is 3.40. The number of nitrogens with two attached hydrogens (primary N) is 1. The van der Waals surface area contributed by atoms with Gasteiger partial charge in [0, 0.05) is 19.6 Å². The van der Waals surface area contributed by atoms with Gasteiger partial charge in [-0.15, -0.1) is 5.10 Å². The number of hydrogen-bond acceptors (Lipinski definition) is 5. The number of nitrogens with zero attached hydrogens (tertiary/aromatic N) is 3. The molecular weight excluding hydrogens is 172 g/mol. The van der Waals surface area contributed by atoms with Gasteiger partial charge in [0.25, 0.3) is 0 Å². The zero-order valence-electron chi connectivity index (χ0n) is 7.45. The van der Waals surface area contributed by atoms with E-state index in [2.05, 4.69) is 14.5 Å². The fourth-order valence-corrected chi connectivity index (χ4v) is 1.65. The van der Waals surface area contributed by atoms with Crippen LogP contribution in [0.25, 0.3) is 0 Å². The highest BCUT2D eigenvalue weighted by molar-refractivity contribution is 7.05. The second kappa shape index (κ2) is 4.49. The Balaban J connectivity index is 2.46. The molecule has 0 fully saturated rings. The van der Waals surface area contributed by atoms with Gasteiger partial charge in [0.05, 0.1) is 10.6 Å². The van der Waals surface area contributed by atoms with E-state index in [9.17, 15) is 0 Å². The summed E-state index contributed by atoms with van der Waals surface area (Å²) >= 11 is 1.46. The first-order valence-corrected chi connectivity index (χ1v) is 4.68. The van der Waals surface area contributed by atoms with E-state index in [0.717, 1.165) is 18.8 Å². The summed E-state index contributed by atoms with van der Waals surface area (Å²) in [6, 6.07) is 0. The minimum absolute atomic E-state index is 0.696. The number of aryl methyl sites for hydroxylation is 1. The van der Waals surface area contributed by atoms with Crippen LogP contribution < -0.4 is 5.73 Å². The van der Waals surface area contributed by atoms with E-state index in [-0.39, 0.29) is 0 Å². The van der Waals surface area contributed by atoms with E-state index < -0.39 is 0 Å². The maximum atomic E-state index is 5.43. The predicted molar refractivity (Wildman–Crippen MR) is 50.0 cm³/mol. The molecule has 1 aromatic rings. The molecule has 68 valence electrons. The van der Waals surface area contributed by atoms with E-state index in [4.69, 9.17) is 5.73 Å². The van der Waals surface area contributed by atoms with E-state index in [0.29, 0.717) is 6.54 Å². The Kier molecular flexibility index (Phi) is 3.58. The average molecular weight is 186 g/mol. The molecule has 0 spiro atoms. The molecule has 4 nitrogen and oxygen atoms in total. The smallest absolute Gasteiger partial charge is 0.0769 e. The maximum Gasteiger partial charge on any atom is 0.0769 e. The van der Waals surface area contributed by atoms with Crippen LogP contribution in [0.4, 0.5) is 0 Å². The Hall–Kier alpha value is -0.520. The minimum atomic E-state index is 0.696. The third kappa shape index (κ3) is 2.51. The Morgan fingerprint density at radius 3 is 2.83 bits per heavy atom. The summed E-state index contributed by atoms with van der Waals surface area (Å²) in [6.45, 7) is 4.49. The van der Waals surface area contributed by atoms with Crippen LogP contribution in [0.3, 0.4) is 0 Å². The second-order valence-electron chi connectivity index (χ2n) is 2.81. The first-order valence-electron chi connectivity index (χ1n) is 3.90. The fraction of sp³-hybridized carbons (Fsp3) is 0.714. The van der Waals surface area contributed by atoms with Gasteiger partial charge < -0.3 is 5.73 Å². The van der Waals surface area contributed by atoms with Crippen molar-refractivity contribution in [2.45, 2.75) is 13.5 Å². The quantitative estimate of drug-likeness (QED) is 0.731. The molecule has 0 aliphatic carbocycles. The highest BCUT2D eigenvalue weighted by atomic mass is 32.1. The van der Waals surface area contributed by atoms with Gasteiger partial charge in [-0.3, -0.25) is 4.90 Å². The van der Waals surface area contributed by atoms with Gasteiger partial charge in [-0.2, -0.15) is 0 Å². The van der Waals surface area contributed by atoms with Crippen molar-refractivity contribution in [1.82, 2.24) is 14.5 Å². The molecule has 0 saturated heterocycles. The summed E-state index contributed by atoms with van der Waals surface area (Å²) in [5.74, 6) is 0. The molecule has 0 atom stereocenters. The van der Waals surface area contributed by atoms with Crippen LogP contribution in [0, 0.1) is 6.92 Å². The van der Waals surface area contributed by atoms with Crippen LogP contribution in [0.2, 0.25) is 0 Å². The molecule has 0 amide bonds. The highest BCUT2D eigenvalue weighted by Crippen LogP contribution is 2.10. The molecule has 0 saturated carbocycles. The molecule has 2 N–H and O–H groups in total. The SMILES string of the molecule is Cc1nnsc1CN(C)CCN. The molecule has 5 heteroatoms. The van der Waals surface area contributed by atoms with Crippen molar-refractivity contribution in [2.75, 3.05) is 20.1 Å². The predicted octanol–water partition coefficient (Wildman–Crippen LogP) is 0.237. The van der Waals surface area contributed by atoms with Gasteiger partial charge >= 0.3 is 0 Å². The van der Waals surface area contributed by atoms with Gasteiger partial charge in [0.1, 0.15) is 0 Å². The maximum absolute atomic E-state index is 5.43. The Morgan fingerprint density at radius 1 is 1.58 bits per heavy atom. The van der Waals surface area contributed by atoms with Crippen LogP contribution in [0.5, 0.6) is 0 Å². The van der Waals surface area contributed by atoms with Gasteiger partial charge in [0.2, 0.25) is 0 Å². The first-order chi connectivity index (χ1) is 5.74. The second-order valence-corrected chi connectivity index (χ2v) is 3.65. The number of hydrogen-bond donors (Lipinski definition) is 1. The molecular formula is C7H14N4S. The van der Waals surface area contributed by atoms with Gasteiger partial charge in [-0.1, -0.05) is 4.49 Å². The van der Waals surface area contributed by atoms with Crippen LogP contribution in [0.1, 0.15) is 10.6 Å². The lowest BCUT2D eigenvalue weighted by molar-refractivity contribution is 0.338. The Bertz CT molecular complexity index is 235. The lowest BCUT2D eigenvalue weighted by Crippen LogP contribution is -2.24. The summed E-state index contributed by atoms with van der Waals surface area (Å²) in [7, 11) is 2.05. The zero-order chi connectivity index (χ0) is 8.97. The Labute approximate surface area is 76.5 Å². The molecule has 0 unspecified atom stereocenters. The third-order valence-electron chi connectivity index (χ3n) is 1.67. The van der Waals surface area contributed by atoms with Crippen molar-refractivity contribution in [3.8, 4) is 0 Å². The summed E-state index contributed by atoms with van der Waals surface area (Å²) in [6.07, 6.45) is 0. The molecule has 0 aromatic carbocycles. The monoisotopic (exact) mass is 186 g/mol. The number of rotatable bonds is 4. The Morgan fingerprint density at radius 2 is 2.33 bits per heavy atom. The van der Waals surface area contributed by atoms with Crippen molar-refractivity contribution >= 4 is 11.5 Å². The molecule has 12 heavy (non-hydrogen) atoms. The number of likely N-dealkylation sites (N-methyl/N-ethyl adjacent to an activating group) is 1. The third-order valence-corrected chi connectivity index (χ3v) is 2.48. The lowest BCUT2D eigenvalue weighted by Gasteiger charge is -2.13. The van der Waals surface area contributed by atoms with Crippen molar-refractivity contribution in [2.24, 2.45) is 5.73 Å². The topological polar surface area (TPSA) is 55.0 Å². The molecule has 0 radical (unpaired) electrons. The van der Waals surface area contributed by atoms with Gasteiger partial charge in [0.15, 0.2) is 0 Å². The average Bonchev–Trinajstić information content (AvgIpc) is 2.37. The zero-order valence-corrected chi connectivity index (χ0v) is 8.27. The van der Waals surface area contributed by atoms with E-state index in [1.165, 1.54) is 16.4 Å². The van der Waals surface area contributed by atoms with Crippen LogP contribution in [-0.4, -0.2) is 34.6 Å². The van der Waals surface area contributed by atoms with Crippen LogP contribution >= 0.6 is 11.5 Å². The van der Waals surface area contributed by atoms with Crippen LogP contribution in [0.15, 0.2) is 0 Å². The van der Waals surface area contributed by atoms with E-state index in [1.54, 1.807) is 0 Å². The van der Waals surface area contributed by atoms with E-state index in [1.807, 2.05) is 14.0 Å². The van der Waals surface area contributed by atoms with E-state index >= 15 is 0 Å². The summed E-state index contributed by atoms with van der Waals surface area (Å²) < 4.78 is 3.87. The highest BCUT2D eigenvalue weighted by Gasteiger charge is 2.05.